The van der Waals surface area contributed by atoms with E-state index in [1.54, 1.807) is 0 Å². The van der Waals surface area contributed by atoms with Crippen molar-refractivity contribution >= 4 is 0 Å². The first-order valence-electron chi connectivity index (χ1n) is 7.68. The van der Waals surface area contributed by atoms with Crippen molar-refractivity contribution in [3.63, 3.8) is 0 Å². The van der Waals surface area contributed by atoms with Crippen molar-refractivity contribution in [3.05, 3.63) is 47.5 Å². The van der Waals surface area contributed by atoms with Gasteiger partial charge in [0.05, 0.1) is 19.3 Å². The molecule has 1 unspecified atom stereocenters. The number of ether oxygens (including phenoxy) is 1. The third-order valence-electron chi connectivity index (χ3n) is 3.12. The quantitative estimate of drug-likeness (QED) is 0.514. The van der Waals surface area contributed by atoms with Crippen LogP contribution >= 0.6 is 0 Å². The van der Waals surface area contributed by atoms with Gasteiger partial charge in [0.25, 0.3) is 0 Å². The fraction of sp³-hybridized carbons (Fsp3) is 0.556. The highest BCUT2D eigenvalue weighted by Gasteiger charge is 2.07. The van der Waals surface area contributed by atoms with E-state index >= 15 is 0 Å². The molecule has 0 aliphatic heterocycles. The fourth-order valence-electron chi connectivity index (χ4n) is 2.09. The Morgan fingerprint density at radius 2 is 1.95 bits per heavy atom. The summed E-state index contributed by atoms with van der Waals surface area (Å²) in [7, 11) is 0. The van der Waals surface area contributed by atoms with Crippen LogP contribution in [0.4, 0.5) is 0 Å². The molecule has 0 aliphatic rings. The lowest BCUT2D eigenvalue weighted by Gasteiger charge is -2.13. The van der Waals surface area contributed by atoms with E-state index in [1.807, 2.05) is 19.1 Å². The van der Waals surface area contributed by atoms with E-state index in [2.05, 4.69) is 37.9 Å². The molecule has 1 aromatic rings. The van der Waals surface area contributed by atoms with Crippen LogP contribution < -0.4 is 5.32 Å². The average molecular weight is 291 g/mol. The summed E-state index contributed by atoms with van der Waals surface area (Å²) < 4.78 is 5.39. The number of nitrogens with one attached hydrogen (secondary N) is 1. The van der Waals surface area contributed by atoms with E-state index in [9.17, 15) is 5.11 Å². The summed E-state index contributed by atoms with van der Waals surface area (Å²) in [5, 5.41) is 13.3. The van der Waals surface area contributed by atoms with Gasteiger partial charge in [-0.2, -0.15) is 0 Å². The van der Waals surface area contributed by atoms with Gasteiger partial charge in [0.1, 0.15) is 0 Å². The molecule has 1 aromatic carbocycles. The molecule has 0 radical (unpaired) electrons. The second kappa shape index (κ2) is 9.72. The number of hydrogen-bond donors (Lipinski definition) is 2. The molecule has 0 bridgehead atoms. The zero-order valence-electron chi connectivity index (χ0n) is 13.6. The Kier molecular flexibility index (Phi) is 8.28. The van der Waals surface area contributed by atoms with E-state index in [1.165, 1.54) is 5.56 Å². The molecule has 3 heteroatoms. The van der Waals surface area contributed by atoms with Gasteiger partial charge < -0.3 is 15.2 Å². The number of aliphatic hydroxyl groups excluding tert-OH is 1. The molecular weight excluding hydrogens is 262 g/mol. The Morgan fingerprint density at radius 1 is 1.29 bits per heavy atom. The number of aliphatic hydroxyl groups is 1. The van der Waals surface area contributed by atoms with Crippen LogP contribution in [-0.2, 0) is 11.2 Å². The molecule has 3 nitrogen and oxygen atoms in total. The van der Waals surface area contributed by atoms with Crippen molar-refractivity contribution in [2.24, 2.45) is 5.92 Å². The second-order valence-electron chi connectivity index (χ2n) is 6.07. The van der Waals surface area contributed by atoms with Gasteiger partial charge in [-0.15, -0.1) is 0 Å². The summed E-state index contributed by atoms with van der Waals surface area (Å²) in [5.41, 5.74) is 3.30. The van der Waals surface area contributed by atoms with Crippen LogP contribution in [0.25, 0.3) is 0 Å². The summed E-state index contributed by atoms with van der Waals surface area (Å²) in [4.78, 5) is 0. The molecule has 0 aliphatic carbocycles. The average Bonchev–Trinajstić information content (AvgIpc) is 2.42. The van der Waals surface area contributed by atoms with Gasteiger partial charge >= 0.3 is 0 Å². The standard InChI is InChI=1S/C18H29NO2/c1-14(2)11-16-5-7-17(8-6-16)18(20)12-19-9-10-21-13-15(3)4/h5-8,14,18-20H,3,9-13H2,1-2,4H3. The first kappa shape index (κ1) is 17.9. The van der Waals surface area contributed by atoms with Crippen LogP contribution in [0.15, 0.2) is 36.4 Å². The maximum absolute atomic E-state index is 10.1. The van der Waals surface area contributed by atoms with Crippen LogP contribution in [-0.4, -0.2) is 31.4 Å². The summed E-state index contributed by atoms with van der Waals surface area (Å²) in [6, 6.07) is 8.24. The first-order valence-corrected chi connectivity index (χ1v) is 7.68. The van der Waals surface area contributed by atoms with Crippen LogP contribution in [0.1, 0.15) is 38.0 Å². The number of benzene rings is 1. The Bertz CT molecular complexity index is 412. The molecule has 0 fully saturated rings. The third kappa shape index (κ3) is 8.00. The minimum atomic E-state index is -0.473. The molecule has 1 rings (SSSR count). The summed E-state index contributed by atoms with van der Waals surface area (Å²) >= 11 is 0. The van der Waals surface area contributed by atoms with Gasteiger partial charge in [-0.1, -0.05) is 50.3 Å². The van der Waals surface area contributed by atoms with Gasteiger partial charge in [0.15, 0.2) is 0 Å². The normalized spacial score (nSPS) is 12.6. The molecule has 0 spiro atoms. The third-order valence-corrected chi connectivity index (χ3v) is 3.12. The molecule has 1 atom stereocenters. The molecule has 0 saturated heterocycles. The second-order valence-corrected chi connectivity index (χ2v) is 6.07. The lowest BCUT2D eigenvalue weighted by atomic mass is 10.0. The molecule has 118 valence electrons. The predicted molar refractivity (Wildman–Crippen MR) is 88.4 cm³/mol. The fourth-order valence-corrected chi connectivity index (χ4v) is 2.09. The van der Waals surface area contributed by atoms with Crippen molar-refractivity contribution in [1.82, 2.24) is 5.32 Å². The molecule has 0 saturated carbocycles. The highest BCUT2D eigenvalue weighted by atomic mass is 16.5. The Labute approximate surface area is 129 Å². The number of rotatable bonds is 10. The molecule has 0 aromatic heterocycles. The van der Waals surface area contributed by atoms with Gasteiger partial charge in [0, 0.05) is 13.1 Å². The molecule has 0 amide bonds. The van der Waals surface area contributed by atoms with E-state index in [0.717, 1.165) is 24.1 Å². The van der Waals surface area contributed by atoms with Gasteiger partial charge in [0.2, 0.25) is 0 Å². The van der Waals surface area contributed by atoms with Crippen LogP contribution in [0.2, 0.25) is 0 Å². The van der Waals surface area contributed by atoms with E-state index in [4.69, 9.17) is 4.74 Å². The maximum Gasteiger partial charge on any atom is 0.0914 e. The maximum atomic E-state index is 10.1. The van der Waals surface area contributed by atoms with Crippen molar-refractivity contribution < 1.29 is 9.84 Å². The largest absolute Gasteiger partial charge is 0.387 e. The van der Waals surface area contributed by atoms with Crippen LogP contribution in [0.3, 0.4) is 0 Å². The van der Waals surface area contributed by atoms with E-state index in [0.29, 0.717) is 25.7 Å². The highest BCUT2D eigenvalue weighted by Crippen LogP contribution is 2.15. The van der Waals surface area contributed by atoms with Crippen LogP contribution in [0, 0.1) is 5.92 Å². The minimum absolute atomic E-state index is 0.473. The zero-order chi connectivity index (χ0) is 15.7. The van der Waals surface area contributed by atoms with Crippen LogP contribution in [0.5, 0.6) is 0 Å². The van der Waals surface area contributed by atoms with Gasteiger partial charge in [-0.05, 0) is 30.4 Å². The topological polar surface area (TPSA) is 41.5 Å². The molecule has 21 heavy (non-hydrogen) atoms. The molecule has 2 N–H and O–H groups in total. The summed E-state index contributed by atoms with van der Waals surface area (Å²) in [5.74, 6) is 0.654. The highest BCUT2D eigenvalue weighted by molar-refractivity contribution is 5.24. The predicted octanol–water partition coefficient (Wildman–Crippen LogP) is 3.10. The lowest BCUT2D eigenvalue weighted by molar-refractivity contribution is 0.143. The Balaban J connectivity index is 2.25. The monoisotopic (exact) mass is 291 g/mol. The van der Waals surface area contributed by atoms with E-state index < -0.39 is 6.10 Å². The minimum Gasteiger partial charge on any atom is -0.387 e. The SMILES string of the molecule is C=C(C)COCCNCC(O)c1ccc(CC(C)C)cc1. The van der Waals surface area contributed by atoms with Crippen molar-refractivity contribution in [2.45, 2.75) is 33.3 Å². The van der Waals surface area contributed by atoms with Gasteiger partial charge in [-0.3, -0.25) is 0 Å². The van der Waals surface area contributed by atoms with E-state index in [-0.39, 0.29) is 0 Å². The van der Waals surface area contributed by atoms with Crippen molar-refractivity contribution in [3.8, 4) is 0 Å². The Morgan fingerprint density at radius 3 is 2.52 bits per heavy atom. The van der Waals surface area contributed by atoms with Crippen molar-refractivity contribution in [1.29, 1.82) is 0 Å². The smallest absolute Gasteiger partial charge is 0.0914 e. The molecule has 0 heterocycles. The van der Waals surface area contributed by atoms with Crippen molar-refractivity contribution in [2.75, 3.05) is 26.3 Å². The zero-order valence-corrected chi connectivity index (χ0v) is 13.6. The molecular formula is C18H29NO2. The Hall–Kier alpha value is -1.16. The summed E-state index contributed by atoms with van der Waals surface area (Å²) in [6.45, 7) is 12.7. The van der Waals surface area contributed by atoms with Gasteiger partial charge in [-0.25, -0.2) is 0 Å². The lowest BCUT2D eigenvalue weighted by Crippen LogP contribution is -2.25. The first-order chi connectivity index (χ1) is 9.99. The number of hydrogen-bond acceptors (Lipinski definition) is 3. The summed E-state index contributed by atoms with van der Waals surface area (Å²) in [6.07, 6.45) is 0.605.